The fraction of sp³-hybridized carbons (Fsp3) is 0.533. The van der Waals surface area contributed by atoms with Crippen molar-refractivity contribution in [2.45, 2.75) is 19.0 Å². The summed E-state index contributed by atoms with van der Waals surface area (Å²) in [5.74, 6) is -0.410. The molecule has 0 aromatic carbocycles. The smallest absolute Gasteiger partial charge is 0.271 e. The van der Waals surface area contributed by atoms with E-state index in [-0.39, 0.29) is 23.1 Å². The summed E-state index contributed by atoms with van der Waals surface area (Å²) in [6, 6.07) is -0.609. The third-order valence-corrected chi connectivity index (χ3v) is 7.50. The van der Waals surface area contributed by atoms with Gasteiger partial charge in [0, 0.05) is 36.9 Å². The maximum atomic E-state index is 13.0. The highest BCUT2D eigenvalue weighted by Gasteiger charge is 2.48. The lowest BCUT2D eigenvalue weighted by Gasteiger charge is -2.43. The van der Waals surface area contributed by atoms with Crippen molar-refractivity contribution in [2.75, 3.05) is 31.1 Å². The molecule has 0 spiro atoms. The van der Waals surface area contributed by atoms with Crippen molar-refractivity contribution in [3.63, 3.8) is 0 Å². The topological polar surface area (TPSA) is 92.1 Å². The zero-order valence-corrected chi connectivity index (χ0v) is 15.3. The van der Waals surface area contributed by atoms with Gasteiger partial charge in [-0.3, -0.25) is 18.9 Å². The molecule has 8 nitrogen and oxygen atoms in total. The maximum absolute atomic E-state index is 13.0. The third-order valence-electron chi connectivity index (χ3n) is 5.03. The SMILES string of the molecule is CCN1CCN(C(=O)c2cnc3sccn3c2=O)C2CS(=O)(=O)CC21. The van der Waals surface area contributed by atoms with E-state index in [1.165, 1.54) is 21.9 Å². The van der Waals surface area contributed by atoms with Crippen LogP contribution in [0.25, 0.3) is 4.96 Å². The lowest BCUT2D eigenvalue weighted by Crippen LogP contribution is -2.60. The fourth-order valence-electron chi connectivity index (χ4n) is 3.80. The Hall–Kier alpha value is -1.78. The van der Waals surface area contributed by atoms with E-state index in [2.05, 4.69) is 9.88 Å². The molecular weight excluding hydrogens is 364 g/mol. The Balaban J connectivity index is 1.72. The van der Waals surface area contributed by atoms with Gasteiger partial charge in [0.05, 0.1) is 17.5 Å². The first kappa shape index (κ1) is 16.7. The van der Waals surface area contributed by atoms with E-state index >= 15 is 0 Å². The molecule has 0 bridgehead atoms. The number of likely N-dealkylation sites (N-methyl/N-ethyl adjacent to an activating group) is 1. The van der Waals surface area contributed by atoms with Gasteiger partial charge in [0.2, 0.25) is 0 Å². The average molecular weight is 382 g/mol. The van der Waals surface area contributed by atoms with E-state index in [0.717, 1.165) is 6.54 Å². The van der Waals surface area contributed by atoms with Crippen LogP contribution in [0.4, 0.5) is 0 Å². The zero-order chi connectivity index (χ0) is 17.8. The first-order chi connectivity index (χ1) is 11.9. The van der Waals surface area contributed by atoms with Crippen LogP contribution in [0.2, 0.25) is 0 Å². The molecule has 2 fully saturated rings. The zero-order valence-electron chi connectivity index (χ0n) is 13.7. The number of aromatic nitrogens is 2. The van der Waals surface area contributed by atoms with Crippen LogP contribution in [0.5, 0.6) is 0 Å². The van der Waals surface area contributed by atoms with Crippen LogP contribution in [-0.2, 0) is 9.84 Å². The Morgan fingerprint density at radius 1 is 1.32 bits per heavy atom. The van der Waals surface area contributed by atoms with Gasteiger partial charge in [-0.1, -0.05) is 6.92 Å². The minimum absolute atomic E-state index is 0.0103. The molecule has 4 heterocycles. The highest BCUT2D eigenvalue weighted by molar-refractivity contribution is 7.91. The molecule has 2 aliphatic rings. The Bertz CT molecular complexity index is 996. The highest BCUT2D eigenvalue weighted by atomic mass is 32.2. The molecule has 0 aliphatic carbocycles. The van der Waals surface area contributed by atoms with Gasteiger partial charge in [-0.15, -0.1) is 11.3 Å². The standard InChI is InChI=1S/C15H18N4O4S2/c1-2-17-3-4-18(12-9-25(22,23)8-11(12)17)13(20)10-7-16-15-19(14(10)21)5-6-24-15/h5-7,11-12H,2-4,8-9H2,1H3. The molecule has 2 saturated heterocycles. The Morgan fingerprint density at radius 3 is 2.84 bits per heavy atom. The number of thiazole rings is 1. The molecule has 25 heavy (non-hydrogen) atoms. The van der Waals surface area contributed by atoms with Gasteiger partial charge in [-0.25, -0.2) is 13.4 Å². The Labute approximate surface area is 148 Å². The number of hydrogen-bond acceptors (Lipinski definition) is 7. The van der Waals surface area contributed by atoms with Crippen molar-refractivity contribution in [3.05, 3.63) is 33.7 Å². The Morgan fingerprint density at radius 2 is 2.08 bits per heavy atom. The number of amides is 1. The summed E-state index contributed by atoms with van der Waals surface area (Å²) in [4.78, 5) is 33.9. The molecule has 2 aliphatic heterocycles. The molecule has 0 saturated carbocycles. The van der Waals surface area contributed by atoms with Gasteiger partial charge in [0.1, 0.15) is 5.56 Å². The van der Waals surface area contributed by atoms with Gasteiger partial charge in [-0.05, 0) is 6.54 Å². The number of fused-ring (bicyclic) bond motifs is 2. The number of sulfone groups is 1. The van der Waals surface area contributed by atoms with E-state index in [4.69, 9.17) is 0 Å². The van der Waals surface area contributed by atoms with Crippen LogP contribution in [0.1, 0.15) is 17.3 Å². The van der Waals surface area contributed by atoms with Crippen molar-refractivity contribution in [3.8, 4) is 0 Å². The molecular formula is C15H18N4O4S2. The summed E-state index contributed by atoms with van der Waals surface area (Å²) in [5, 5.41) is 1.73. The largest absolute Gasteiger partial charge is 0.332 e. The molecule has 2 atom stereocenters. The number of carbonyl (C=O) groups is 1. The first-order valence-electron chi connectivity index (χ1n) is 8.11. The maximum Gasteiger partial charge on any atom is 0.271 e. The van der Waals surface area contributed by atoms with Gasteiger partial charge < -0.3 is 4.90 Å². The molecule has 4 rings (SSSR count). The summed E-state index contributed by atoms with van der Waals surface area (Å²) < 4.78 is 25.6. The summed E-state index contributed by atoms with van der Waals surface area (Å²) >= 11 is 1.32. The summed E-state index contributed by atoms with van der Waals surface area (Å²) in [7, 11) is -3.19. The first-order valence-corrected chi connectivity index (χ1v) is 10.8. The second kappa shape index (κ2) is 5.89. The number of rotatable bonds is 2. The number of nitrogens with zero attached hydrogens (tertiary/aromatic N) is 4. The minimum Gasteiger partial charge on any atom is -0.332 e. The fourth-order valence-corrected chi connectivity index (χ4v) is 6.48. The van der Waals surface area contributed by atoms with Crippen LogP contribution < -0.4 is 5.56 Å². The number of carbonyl (C=O) groups excluding carboxylic acids is 1. The quantitative estimate of drug-likeness (QED) is 0.708. The number of piperazine rings is 1. The lowest BCUT2D eigenvalue weighted by atomic mass is 10.0. The van der Waals surface area contributed by atoms with Crippen molar-refractivity contribution in [2.24, 2.45) is 0 Å². The second-order valence-corrected chi connectivity index (χ2v) is 9.40. The highest BCUT2D eigenvalue weighted by Crippen LogP contribution is 2.27. The van der Waals surface area contributed by atoms with Crippen molar-refractivity contribution in [1.82, 2.24) is 19.2 Å². The summed E-state index contributed by atoms with van der Waals surface area (Å²) in [6.07, 6.45) is 2.89. The van der Waals surface area contributed by atoms with Crippen LogP contribution >= 0.6 is 11.3 Å². The van der Waals surface area contributed by atoms with E-state index in [1.54, 1.807) is 16.5 Å². The molecule has 10 heteroatoms. The van der Waals surface area contributed by atoms with Gasteiger partial charge in [-0.2, -0.15) is 0 Å². The van der Waals surface area contributed by atoms with E-state index < -0.39 is 27.3 Å². The van der Waals surface area contributed by atoms with E-state index in [1.807, 2.05) is 6.92 Å². The lowest BCUT2D eigenvalue weighted by molar-refractivity contribution is 0.0347. The molecule has 0 radical (unpaired) electrons. The molecule has 0 N–H and O–H groups in total. The monoisotopic (exact) mass is 382 g/mol. The second-order valence-electron chi connectivity index (χ2n) is 6.37. The minimum atomic E-state index is -3.19. The third kappa shape index (κ3) is 2.68. The van der Waals surface area contributed by atoms with Gasteiger partial charge >= 0.3 is 0 Å². The average Bonchev–Trinajstić information content (AvgIpc) is 3.17. The van der Waals surface area contributed by atoms with Crippen LogP contribution in [-0.4, -0.2) is 76.7 Å². The van der Waals surface area contributed by atoms with Crippen LogP contribution in [0.15, 0.2) is 22.6 Å². The van der Waals surface area contributed by atoms with Gasteiger partial charge in [0.15, 0.2) is 14.8 Å². The van der Waals surface area contributed by atoms with E-state index in [0.29, 0.717) is 18.1 Å². The number of hydrogen-bond donors (Lipinski definition) is 0. The summed E-state index contributed by atoms with van der Waals surface area (Å²) in [5.41, 5.74) is -0.421. The summed E-state index contributed by atoms with van der Waals surface area (Å²) in [6.45, 7) is 3.74. The predicted molar refractivity (Wildman–Crippen MR) is 93.9 cm³/mol. The molecule has 2 aromatic rings. The normalized spacial score (nSPS) is 26.0. The van der Waals surface area contributed by atoms with Gasteiger partial charge in [0.25, 0.3) is 11.5 Å². The molecule has 1 amide bonds. The van der Waals surface area contributed by atoms with Crippen LogP contribution in [0.3, 0.4) is 0 Å². The Kier molecular flexibility index (Phi) is 3.93. The van der Waals surface area contributed by atoms with Crippen LogP contribution in [0, 0.1) is 0 Å². The van der Waals surface area contributed by atoms with Crippen molar-refractivity contribution < 1.29 is 13.2 Å². The molecule has 2 unspecified atom stereocenters. The van der Waals surface area contributed by atoms with Crippen molar-refractivity contribution >= 4 is 32.0 Å². The molecule has 134 valence electrons. The molecule has 2 aromatic heterocycles. The van der Waals surface area contributed by atoms with E-state index in [9.17, 15) is 18.0 Å². The van der Waals surface area contributed by atoms with Crippen molar-refractivity contribution in [1.29, 1.82) is 0 Å². The predicted octanol–water partition coefficient (Wildman–Crippen LogP) is -0.301.